The van der Waals surface area contributed by atoms with Crippen molar-refractivity contribution in [2.45, 2.75) is 31.5 Å². The maximum atomic E-state index is 10.9. The van der Waals surface area contributed by atoms with E-state index in [0.29, 0.717) is 11.3 Å². The minimum Gasteiger partial charge on any atom is -0.394 e. The van der Waals surface area contributed by atoms with E-state index >= 15 is 0 Å². The van der Waals surface area contributed by atoms with Gasteiger partial charge in [-0.2, -0.15) is 0 Å². The molecule has 8 heteroatoms. The number of nitrogens with one attached hydrogen (secondary N) is 1. The molecular weight excluding hydrogens is 268 g/mol. The average molecular weight is 284 g/mol. The van der Waals surface area contributed by atoms with Crippen LogP contribution in [0.1, 0.15) is 5.56 Å². The van der Waals surface area contributed by atoms with Crippen molar-refractivity contribution in [1.82, 2.24) is 0 Å². The van der Waals surface area contributed by atoms with Crippen molar-refractivity contribution in [2.24, 2.45) is 0 Å². The van der Waals surface area contributed by atoms with Crippen LogP contribution in [0.2, 0.25) is 0 Å². The van der Waals surface area contributed by atoms with E-state index in [1.54, 1.807) is 19.1 Å². The zero-order chi connectivity index (χ0) is 14.9. The Bertz CT molecular complexity index is 509. The molecule has 0 saturated carbocycles. The molecule has 0 aliphatic carbocycles. The minimum atomic E-state index is -1.23. The highest BCUT2D eigenvalue weighted by atomic mass is 16.6. The Hall–Kier alpha value is -1.74. The highest BCUT2D eigenvalue weighted by Crippen LogP contribution is 2.26. The summed E-state index contributed by atoms with van der Waals surface area (Å²) in [6.45, 7) is 1.19. The topological polar surface area (TPSA) is 125 Å². The molecule has 2 rings (SSSR count). The Kier molecular flexibility index (Phi) is 4.19. The molecule has 0 unspecified atom stereocenters. The Morgan fingerprint density at radius 3 is 2.65 bits per heavy atom. The molecule has 1 heterocycles. The van der Waals surface area contributed by atoms with Crippen LogP contribution in [0.25, 0.3) is 0 Å². The number of benzene rings is 1. The van der Waals surface area contributed by atoms with Crippen LogP contribution in [0, 0.1) is 17.0 Å². The van der Waals surface area contributed by atoms with Crippen LogP contribution in [0.15, 0.2) is 18.2 Å². The summed E-state index contributed by atoms with van der Waals surface area (Å²) in [5, 5.41) is 42.0. The summed E-state index contributed by atoms with van der Waals surface area (Å²) in [5.41, 5.74) is 0.848. The van der Waals surface area contributed by atoms with E-state index < -0.39 is 36.1 Å². The molecule has 8 nitrogen and oxygen atoms in total. The van der Waals surface area contributed by atoms with Crippen LogP contribution < -0.4 is 5.32 Å². The number of nitro benzene ring substituents is 1. The predicted octanol–water partition coefficient (Wildman–Crippen LogP) is -0.246. The van der Waals surface area contributed by atoms with Crippen LogP contribution in [-0.4, -0.2) is 51.4 Å². The molecule has 1 aliphatic rings. The fraction of sp³-hybridized carbons (Fsp3) is 0.500. The Morgan fingerprint density at radius 2 is 2.10 bits per heavy atom. The largest absolute Gasteiger partial charge is 0.394 e. The van der Waals surface area contributed by atoms with Crippen molar-refractivity contribution in [2.75, 3.05) is 11.9 Å². The summed E-state index contributed by atoms with van der Waals surface area (Å²) >= 11 is 0. The Morgan fingerprint density at radius 1 is 1.40 bits per heavy atom. The van der Waals surface area contributed by atoms with Crippen LogP contribution in [0.5, 0.6) is 0 Å². The van der Waals surface area contributed by atoms with Gasteiger partial charge in [0.05, 0.1) is 11.5 Å². The second kappa shape index (κ2) is 5.71. The standard InChI is InChI=1S/C12H16N2O6/c1-6-2-3-7(4-8(6)14(18)19)13-12-11(17)10(16)9(5-15)20-12/h2-4,9-13,15-17H,5H2,1H3/t9-,10+,11-,12+/m0/s1. The average Bonchev–Trinajstić information content (AvgIpc) is 2.68. The van der Waals surface area contributed by atoms with Crippen molar-refractivity contribution in [3.8, 4) is 0 Å². The third-order valence-corrected chi connectivity index (χ3v) is 3.26. The second-order valence-corrected chi connectivity index (χ2v) is 4.66. The van der Waals surface area contributed by atoms with E-state index in [0.717, 1.165) is 0 Å². The molecule has 1 saturated heterocycles. The number of aryl methyl sites for hydroxylation is 1. The van der Waals surface area contributed by atoms with Crippen molar-refractivity contribution >= 4 is 11.4 Å². The molecule has 0 aromatic heterocycles. The molecule has 0 spiro atoms. The zero-order valence-corrected chi connectivity index (χ0v) is 10.8. The second-order valence-electron chi connectivity index (χ2n) is 4.66. The molecule has 1 fully saturated rings. The monoisotopic (exact) mass is 284 g/mol. The van der Waals surface area contributed by atoms with Gasteiger partial charge in [0.15, 0.2) is 6.23 Å². The number of aliphatic hydroxyl groups excluding tert-OH is 3. The maximum Gasteiger partial charge on any atom is 0.274 e. The van der Waals surface area contributed by atoms with Gasteiger partial charge in [-0.1, -0.05) is 6.07 Å². The van der Waals surface area contributed by atoms with Gasteiger partial charge in [-0.15, -0.1) is 0 Å². The molecule has 4 N–H and O–H groups in total. The van der Waals surface area contributed by atoms with Crippen molar-refractivity contribution in [1.29, 1.82) is 0 Å². The molecule has 1 aliphatic heterocycles. The van der Waals surface area contributed by atoms with Gasteiger partial charge in [-0.3, -0.25) is 10.1 Å². The number of aliphatic hydroxyl groups is 3. The number of anilines is 1. The fourth-order valence-electron chi connectivity index (χ4n) is 2.08. The molecule has 4 atom stereocenters. The van der Waals surface area contributed by atoms with E-state index in [1.165, 1.54) is 6.07 Å². The summed E-state index contributed by atoms with van der Waals surface area (Å²) in [6, 6.07) is 4.50. The summed E-state index contributed by atoms with van der Waals surface area (Å²) in [4.78, 5) is 10.3. The van der Waals surface area contributed by atoms with Gasteiger partial charge < -0.3 is 25.4 Å². The van der Waals surface area contributed by atoms with Crippen molar-refractivity contribution in [3.05, 3.63) is 33.9 Å². The summed E-state index contributed by atoms with van der Waals surface area (Å²) in [5.74, 6) is 0. The highest BCUT2D eigenvalue weighted by Gasteiger charge is 2.42. The summed E-state index contributed by atoms with van der Waals surface area (Å²) in [6.07, 6.45) is -4.27. The predicted molar refractivity (Wildman–Crippen MR) is 69.2 cm³/mol. The van der Waals surface area contributed by atoms with Gasteiger partial charge in [0, 0.05) is 17.3 Å². The molecule has 0 amide bonds. The first-order valence-corrected chi connectivity index (χ1v) is 6.08. The molecule has 1 aromatic carbocycles. The van der Waals surface area contributed by atoms with Gasteiger partial charge in [-0.25, -0.2) is 0 Å². The number of rotatable bonds is 4. The smallest absolute Gasteiger partial charge is 0.274 e. The van der Waals surface area contributed by atoms with Crippen molar-refractivity contribution in [3.63, 3.8) is 0 Å². The lowest BCUT2D eigenvalue weighted by Gasteiger charge is -2.17. The molecular formula is C12H16N2O6. The third-order valence-electron chi connectivity index (χ3n) is 3.26. The molecule has 0 radical (unpaired) electrons. The van der Waals surface area contributed by atoms with Crippen LogP contribution in [-0.2, 0) is 4.74 Å². The molecule has 1 aromatic rings. The highest BCUT2D eigenvalue weighted by molar-refractivity contribution is 5.55. The molecule has 110 valence electrons. The van der Waals surface area contributed by atoms with Gasteiger partial charge in [0.2, 0.25) is 0 Å². The normalized spacial score (nSPS) is 29.4. The minimum absolute atomic E-state index is 0.0539. The summed E-state index contributed by atoms with van der Waals surface area (Å²) < 4.78 is 5.24. The zero-order valence-electron chi connectivity index (χ0n) is 10.8. The Balaban J connectivity index is 2.15. The van der Waals surface area contributed by atoms with Gasteiger partial charge in [-0.05, 0) is 13.0 Å². The van der Waals surface area contributed by atoms with Gasteiger partial charge >= 0.3 is 0 Å². The van der Waals surface area contributed by atoms with Crippen molar-refractivity contribution < 1.29 is 25.0 Å². The van der Waals surface area contributed by atoms with E-state index in [1.807, 2.05) is 0 Å². The number of ether oxygens (including phenoxy) is 1. The lowest BCUT2D eigenvalue weighted by molar-refractivity contribution is -0.385. The van der Waals surface area contributed by atoms with Gasteiger partial charge in [0.25, 0.3) is 5.69 Å². The molecule has 20 heavy (non-hydrogen) atoms. The van der Waals surface area contributed by atoms with Crippen LogP contribution >= 0.6 is 0 Å². The van der Waals surface area contributed by atoms with E-state index in [4.69, 9.17) is 9.84 Å². The maximum absolute atomic E-state index is 10.9. The number of hydrogen-bond donors (Lipinski definition) is 4. The molecule has 0 bridgehead atoms. The Labute approximate surface area is 114 Å². The van der Waals surface area contributed by atoms with E-state index in [-0.39, 0.29) is 5.69 Å². The lowest BCUT2D eigenvalue weighted by Crippen LogP contribution is -2.36. The number of nitrogens with zero attached hydrogens (tertiary/aromatic N) is 1. The first kappa shape index (κ1) is 14.7. The van der Waals surface area contributed by atoms with E-state index in [2.05, 4.69) is 5.32 Å². The van der Waals surface area contributed by atoms with Crippen LogP contribution in [0.4, 0.5) is 11.4 Å². The van der Waals surface area contributed by atoms with Crippen LogP contribution in [0.3, 0.4) is 0 Å². The SMILES string of the molecule is Cc1ccc(N[C@@H]2O[C@@H](CO)[C@@H](O)[C@@H]2O)cc1[N+](=O)[O-]. The fourth-order valence-corrected chi connectivity index (χ4v) is 2.08. The lowest BCUT2D eigenvalue weighted by atomic mass is 10.1. The van der Waals surface area contributed by atoms with Gasteiger partial charge in [0.1, 0.15) is 18.3 Å². The number of hydrogen-bond acceptors (Lipinski definition) is 7. The number of nitro groups is 1. The first-order chi connectivity index (χ1) is 9.43. The first-order valence-electron chi connectivity index (χ1n) is 6.08. The quantitative estimate of drug-likeness (QED) is 0.444. The van der Waals surface area contributed by atoms with E-state index in [9.17, 15) is 20.3 Å². The summed E-state index contributed by atoms with van der Waals surface area (Å²) in [7, 11) is 0. The third kappa shape index (κ3) is 2.73.